The highest BCUT2D eigenvalue weighted by molar-refractivity contribution is 5.89. The number of aromatic carboxylic acids is 1. The van der Waals surface area contributed by atoms with E-state index in [1.165, 1.54) is 12.8 Å². The molecule has 1 fully saturated rings. The first-order valence-electron chi connectivity index (χ1n) is 6.69. The molecule has 0 atom stereocenters. The van der Waals surface area contributed by atoms with Gasteiger partial charge >= 0.3 is 5.97 Å². The monoisotopic (exact) mass is 263 g/mol. The van der Waals surface area contributed by atoms with Crippen molar-refractivity contribution < 1.29 is 9.90 Å². The van der Waals surface area contributed by atoms with Gasteiger partial charge in [-0.15, -0.1) is 0 Å². The standard InChI is InChI=1S/C14H21N3O2/c1-10-12(14(18)19)3-4-13(16-10)15-9-11-5-7-17(2)8-6-11/h3-4,11H,5-9H2,1-2H3,(H,15,16)(H,18,19). The summed E-state index contributed by atoms with van der Waals surface area (Å²) in [6.07, 6.45) is 2.41. The van der Waals surface area contributed by atoms with Gasteiger partial charge in [0.15, 0.2) is 0 Å². The van der Waals surface area contributed by atoms with Crippen molar-refractivity contribution in [3.05, 3.63) is 23.4 Å². The summed E-state index contributed by atoms with van der Waals surface area (Å²) in [4.78, 5) is 17.5. The van der Waals surface area contributed by atoms with Crippen molar-refractivity contribution in [3.8, 4) is 0 Å². The van der Waals surface area contributed by atoms with Crippen molar-refractivity contribution in [1.29, 1.82) is 0 Å². The van der Waals surface area contributed by atoms with Crippen LogP contribution >= 0.6 is 0 Å². The van der Waals surface area contributed by atoms with Gasteiger partial charge in [-0.05, 0) is 58.0 Å². The highest BCUT2D eigenvalue weighted by atomic mass is 16.4. The molecule has 19 heavy (non-hydrogen) atoms. The number of hydrogen-bond donors (Lipinski definition) is 2. The minimum Gasteiger partial charge on any atom is -0.478 e. The third-order valence-electron chi connectivity index (χ3n) is 3.73. The van der Waals surface area contributed by atoms with E-state index in [0.717, 1.165) is 25.5 Å². The first kappa shape index (κ1) is 13.8. The molecule has 2 N–H and O–H groups in total. The van der Waals surface area contributed by atoms with E-state index in [1.54, 1.807) is 19.1 Å². The second-order valence-electron chi connectivity index (χ2n) is 5.26. The molecule has 1 aromatic heterocycles. The van der Waals surface area contributed by atoms with E-state index in [1.807, 2.05) is 0 Å². The number of likely N-dealkylation sites (tertiary alicyclic amines) is 1. The average molecular weight is 263 g/mol. The third-order valence-corrected chi connectivity index (χ3v) is 3.73. The summed E-state index contributed by atoms with van der Waals surface area (Å²) in [5.74, 6) is 0.519. The van der Waals surface area contributed by atoms with Crippen LogP contribution < -0.4 is 5.32 Å². The minimum absolute atomic E-state index is 0.268. The molecule has 2 heterocycles. The van der Waals surface area contributed by atoms with E-state index in [4.69, 9.17) is 5.11 Å². The number of piperidine rings is 1. The number of carbonyl (C=O) groups is 1. The SMILES string of the molecule is Cc1nc(NCC2CCN(C)CC2)ccc1C(=O)O. The third kappa shape index (κ3) is 3.67. The predicted molar refractivity (Wildman–Crippen MR) is 74.6 cm³/mol. The predicted octanol–water partition coefficient (Wildman–Crippen LogP) is 1.84. The van der Waals surface area contributed by atoms with Gasteiger partial charge in [-0.3, -0.25) is 0 Å². The Morgan fingerprint density at radius 2 is 2.16 bits per heavy atom. The molecule has 2 rings (SSSR count). The van der Waals surface area contributed by atoms with Gasteiger partial charge in [0.2, 0.25) is 0 Å². The van der Waals surface area contributed by atoms with Gasteiger partial charge in [0, 0.05) is 6.54 Å². The quantitative estimate of drug-likeness (QED) is 0.867. The van der Waals surface area contributed by atoms with E-state index >= 15 is 0 Å². The fraction of sp³-hybridized carbons (Fsp3) is 0.571. The highest BCUT2D eigenvalue weighted by Gasteiger charge is 2.16. The number of pyridine rings is 1. The summed E-state index contributed by atoms with van der Waals surface area (Å²) in [5.41, 5.74) is 0.825. The van der Waals surface area contributed by atoms with Gasteiger partial charge in [0.25, 0.3) is 0 Å². The van der Waals surface area contributed by atoms with Crippen LogP contribution in [0.25, 0.3) is 0 Å². The molecule has 1 saturated heterocycles. The van der Waals surface area contributed by atoms with E-state index in [0.29, 0.717) is 11.6 Å². The van der Waals surface area contributed by atoms with Crippen molar-refractivity contribution in [2.75, 3.05) is 32.0 Å². The van der Waals surface area contributed by atoms with Crippen LogP contribution in [0.4, 0.5) is 5.82 Å². The Hall–Kier alpha value is -1.62. The number of aromatic nitrogens is 1. The van der Waals surface area contributed by atoms with Crippen LogP contribution in [0.5, 0.6) is 0 Å². The van der Waals surface area contributed by atoms with Crippen molar-refractivity contribution >= 4 is 11.8 Å². The molecule has 5 heteroatoms. The Morgan fingerprint density at radius 3 is 2.74 bits per heavy atom. The summed E-state index contributed by atoms with van der Waals surface area (Å²) in [5, 5.41) is 12.3. The highest BCUT2D eigenvalue weighted by Crippen LogP contribution is 2.17. The van der Waals surface area contributed by atoms with Gasteiger partial charge in [0.05, 0.1) is 11.3 Å². The Morgan fingerprint density at radius 1 is 1.47 bits per heavy atom. The fourth-order valence-electron chi connectivity index (χ4n) is 2.40. The average Bonchev–Trinajstić information content (AvgIpc) is 2.37. The van der Waals surface area contributed by atoms with Crippen LogP contribution in [0.15, 0.2) is 12.1 Å². The molecule has 0 radical (unpaired) electrons. The van der Waals surface area contributed by atoms with Gasteiger partial charge in [-0.2, -0.15) is 0 Å². The molecule has 1 aromatic rings. The molecule has 1 aliphatic rings. The number of nitrogens with one attached hydrogen (secondary N) is 1. The topological polar surface area (TPSA) is 65.5 Å². The first-order valence-corrected chi connectivity index (χ1v) is 6.69. The summed E-state index contributed by atoms with van der Waals surface area (Å²) in [6.45, 7) is 4.93. The molecule has 0 saturated carbocycles. The molecule has 0 aromatic carbocycles. The number of hydrogen-bond acceptors (Lipinski definition) is 4. The lowest BCUT2D eigenvalue weighted by Gasteiger charge is -2.29. The maximum absolute atomic E-state index is 10.9. The second-order valence-corrected chi connectivity index (χ2v) is 5.26. The van der Waals surface area contributed by atoms with Crippen LogP contribution in [0.3, 0.4) is 0 Å². The Kier molecular flexibility index (Phi) is 4.37. The van der Waals surface area contributed by atoms with Crippen LogP contribution in [-0.2, 0) is 0 Å². The summed E-state index contributed by atoms with van der Waals surface area (Å²) < 4.78 is 0. The van der Waals surface area contributed by atoms with Gasteiger partial charge in [-0.1, -0.05) is 0 Å². The van der Waals surface area contributed by atoms with Gasteiger partial charge < -0.3 is 15.3 Å². The lowest BCUT2D eigenvalue weighted by molar-refractivity contribution is 0.0695. The summed E-state index contributed by atoms with van der Waals surface area (Å²) in [6, 6.07) is 3.35. The Balaban J connectivity index is 1.89. The number of nitrogens with zero attached hydrogens (tertiary/aromatic N) is 2. The molecule has 0 amide bonds. The van der Waals surface area contributed by atoms with Crippen molar-refractivity contribution in [2.45, 2.75) is 19.8 Å². The summed E-state index contributed by atoms with van der Waals surface area (Å²) in [7, 11) is 2.15. The zero-order chi connectivity index (χ0) is 13.8. The maximum atomic E-state index is 10.9. The zero-order valence-corrected chi connectivity index (χ0v) is 11.5. The molecule has 0 unspecified atom stereocenters. The molecule has 1 aliphatic heterocycles. The van der Waals surface area contributed by atoms with Crippen LogP contribution in [-0.4, -0.2) is 47.6 Å². The largest absolute Gasteiger partial charge is 0.478 e. The lowest BCUT2D eigenvalue weighted by atomic mass is 9.97. The van der Waals surface area contributed by atoms with Crippen molar-refractivity contribution in [2.24, 2.45) is 5.92 Å². The number of carboxylic acids is 1. The minimum atomic E-state index is -0.924. The van der Waals surface area contributed by atoms with Crippen molar-refractivity contribution in [3.63, 3.8) is 0 Å². The lowest BCUT2D eigenvalue weighted by Crippen LogP contribution is -2.33. The smallest absolute Gasteiger partial charge is 0.337 e. The second kappa shape index (κ2) is 6.02. The first-order chi connectivity index (χ1) is 9.06. The van der Waals surface area contributed by atoms with E-state index in [9.17, 15) is 4.79 Å². The Bertz CT molecular complexity index is 454. The molecule has 0 spiro atoms. The van der Waals surface area contributed by atoms with Crippen molar-refractivity contribution in [1.82, 2.24) is 9.88 Å². The van der Waals surface area contributed by atoms with Gasteiger partial charge in [-0.25, -0.2) is 9.78 Å². The van der Waals surface area contributed by atoms with Gasteiger partial charge in [0.1, 0.15) is 5.82 Å². The molecular formula is C14H21N3O2. The maximum Gasteiger partial charge on any atom is 0.337 e. The number of carboxylic acid groups (broad SMARTS) is 1. The van der Waals surface area contributed by atoms with E-state index < -0.39 is 5.97 Å². The zero-order valence-electron chi connectivity index (χ0n) is 11.5. The summed E-state index contributed by atoms with van der Waals surface area (Å²) >= 11 is 0. The number of anilines is 1. The molecule has 104 valence electrons. The van der Waals surface area contributed by atoms with Crippen LogP contribution in [0.1, 0.15) is 28.9 Å². The fourth-order valence-corrected chi connectivity index (χ4v) is 2.40. The van der Waals surface area contributed by atoms with E-state index in [-0.39, 0.29) is 5.56 Å². The molecule has 5 nitrogen and oxygen atoms in total. The Labute approximate surface area is 113 Å². The van der Waals surface area contributed by atoms with Crippen LogP contribution in [0, 0.1) is 12.8 Å². The number of rotatable bonds is 4. The molecular weight excluding hydrogens is 242 g/mol. The normalized spacial score (nSPS) is 17.4. The van der Waals surface area contributed by atoms with E-state index in [2.05, 4.69) is 22.2 Å². The molecule has 0 bridgehead atoms. The molecule has 0 aliphatic carbocycles. The van der Waals surface area contributed by atoms with Crippen LogP contribution in [0.2, 0.25) is 0 Å². The number of aryl methyl sites for hydroxylation is 1.